The lowest BCUT2D eigenvalue weighted by Gasteiger charge is -2.10. The summed E-state index contributed by atoms with van der Waals surface area (Å²) < 4.78 is 6.08. The minimum Gasteiger partial charge on any atom is -0.456 e. The zero-order chi connectivity index (χ0) is 31.2. The number of benzene rings is 7. The largest absolute Gasteiger partial charge is 0.456 e. The van der Waals surface area contributed by atoms with Gasteiger partial charge in [-0.2, -0.15) is 0 Å². The summed E-state index contributed by atoms with van der Waals surface area (Å²) in [5.41, 5.74) is 9.25. The highest BCUT2D eigenvalue weighted by molar-refractivity contribution is 6.06. The van der Waals surface area contributed by atoms with Gasteiger partial charge < -0.3 is 4.42 Å². The number of hydrogen-bond acceptors (Lipinski definition) is 4. The van der Waals surface area contributed by atoms with Gasteiger partial charge in [0.2, 0.25) is 0 Å². The first-order valence-electron chi connectivity index (χ1n) is 15.7. The van der Waals surface area contributed by atoms with Crippen molar-refractivity contribution in [2.75, 3.05) is 0 Å². The van der Waals surface area contributed by atoms with Crippen molar-refractivity contribution in [1.29, 1.82) is 0 Å². The third kappa shape index (κ3) is 5.02. The fraction of sp³-hybridized carbons (Fsp3) is 0. The summed E-state index contributed by atoms with van der Waals surface area (Å²) >= 11 is 0. The van der Waals surface area contributed by atoms with Gasteiger partial charge in [-0.05, 0) is 69.4 Å². The summed E-state index contributed by atoms with van der Waals surface area (Å²) in [5.74, 6) is 1.88. The lowest BCUT2D eigenvalue weighted by molar-refractivity contribution is 0.669. The highest BCUT2D eigenvalue weighted by Gasteiger charge is 2.15. The van der Waals surface area contributed by atoms with Crippen molar-refractivity contribution in [2.45, 2.75) is 0 Å². The molecule has 0 amide bonds. The third-order valence-corrected chi connectivity index (χ3v) is 8.73. The molecular formula is C43H27N3O. The second-order valence-corrected chi connectivity index (χ2v) is 11.7. The SMILES string of the molecule is c1ccc(-c2ccc(-c3ccc4ccc(-c5nc(-c6ccccc6)nc(-c6ccc7oc8ccccc8c7c6)n5)cc4c3)cc2)cc1. The Bertz CT molecular complexity index is 2550. The molecule has 0 spiro atoms. The van der Waals surface area contributed by atoms with Gasteiger partial charge in [0, 0.05) is 27.5 Å². The van der Waals surface area contributed by atoms with Crippen molar-refractivity contribution >= 4 is 32.7 Å². The van der Waals surface area contributed by atoms with Gasteiger partial charge in [-0.15, -0.1) is 0 Å². The minimum absolute atomic E-state index is 0.619. The molecule has 9 rings (SSSR count). The lowest BCUT2D eigenvalue weighted by atomic mass is 9.97. The molecule has 0 fully saturated rings. The predicted octanol–water partition coefficient (Wildman–Crippen LogP) is 11.3. The smallest absolute Gasteiger partial charge is 0.164 e. The summed E-state index contributed by atoms with van der Waals surface area (Å²) in [6.45, 7) is 0. The monoisotopic (exact) mass is 601 g/mol. The lowest BCUT2D eigenvalue weighted by Crippen LogP contribution is -2.00. The standard InChI is InChI=1S/C43H27N3O/c1-3-9-28(10-4-1)29-15-17-30(18-16-29)33-21-19-31-20-22-34(26-36(31)25-33)42-44-41(32-11-5-2-6-12-32)45-43(46-42)35-23-24-40-38(27-35)37-13-7-8-14-39(37)47-40/h1-27H. The summed E-state index contributed by atoms with van der Waals surface area (Å²) in [4.78, 5) is 15.0. The number of nitrogens with zero attached hydrogens (tertiary/aromatic N) is 3. The molecule has 0 radical (unpaired) electrons. The van der Waals surface area contributed by atoms with Crippen LogP contribution >= 0.6 is 0 Å². The molecular weight excluding hydrogens is 574 g/mol. The second-order valence-electron chi connectivity index (χ2n) is 11.7. The van der Waals surface area contributed by atoms with Crippen LogP contribution in [0.1, 0.15) is 0 Å². The summed E-state index contributed by atoms with van der Waals surface area (Å²) in [5, 5.41) is 4.40. The van der Waals surface area contributed by atoms with Crippen molar-refractivity contribution < 1.29 is 4.42 Å². The number of hydrogen-bond donors (Lipinski definition) is 0. The molecule has 9 aromatic rings. The fourth-order valence-corrected chi connectivity index (χ4v) is 6.27. The number of aromatic nitrogens is 3. The molecule has 0 N–H and O–H groups in total. The Labute approximate surface area is 271 Å². The van der Waals surface area contributed by atoms with E-state index < -0.39 is 0 Å². The molecule has 47 heavy (non-hydrogen) atoms. The van der Waals surface area contributed by atoms with Crippen molar-refractivity contribution in [1.82, 2.24) is 15.0 Å². The van der Waals surface area contributed by atoms with E-state index in [1.54, 1.807) is 0 Å². The highest BCUT2D eigenvalue weighted by atomic mass is 16.3. The Kier molecular flexibility index (Phi) is 6.43. The quantitative estimate of drug-likeness (QED) is 0.197. The average Bonchev–Trinajstić information content (AvgIpc) is 3.53. The van der Waals surface area contributed by atoms with Crippen molar-refractivity contribution in [3.05, 3.63) is 164 Å². The summed E-state index contributed by atoms with van der Waals surface area (Å²) in [6.07, 6.45) is 0. The maximum atomic E-state index is 6.08. The maximum Gasteiger partial charge on any atom is 0.164 e. The van der Waals surface area contributed by atoms with Gasteiger partial charge in [-0.3, -0.25) is 0 Å². The Morgan fingerprint density at radius 3 is 1.49 bits per heavy atom. The van der Waals surface area contributed by atoms with E-state index in [2.05, 4.69) is 97.1 Å². The molecule has 2 heterocycles. The van der Waals surface area contributed by atoms with Gasteiger partial charge in [-0.1, -0.05) is 127 Å². The molecule has 0 unspecified atom stereocenters. The zero-order valence-corrected chi connectivity index (χ0v) is 25.3. The molecule has 2 aromatic heterocycles. The molecule has 0 saturated carbocycles. The van der Waals surface area contributed by atoms with Gasteiger partial charge in [-0.25, -0.2) is 15.0 Å². The fourth-order valence-electron chi connectivity index (χ4n) is 6.27. The van der Waals surface area contributed by atoms with Crippen LogP contribution in [0.3, 0.4) is 0 Å². The first kappa shape index (κ1) is 27.0. The van der Waals surface area contributed by atoms with E-state index >= 15 is 0 Å². The molecule has 4 nitrogen and oxygen atoms in total. The first-order chi connectivity index (χ1) is 23.2. The van der Waals surface area contributed by atoms with Crippen LogP contribution in [0.25, 0.3) is 89.1 Å². The second kappa shape index (κ2) is 11.2. The molecule has 0 aliphatic rings. The molecule has 0 saturated heterocycles. The van der Waals surface area contributed by atoms with Crippen LogP contribution in [0.15, 0.2) is 168 Å². The van der Waals surface area contributed by atoms with Gasteiger partial charge in [0.1, 0.15) is 11.2 Å². The minimum atomic E-state index is 0.619. The average molecular weight is 602 g/mol. The number of fused-ring (bicyclic) bond motifs is 4. The number of rotatable bonds is 5. The van der Waals surface area contributed by atoms with Crippen LogP contribution < -0.4 is 0 Å². The molecule has 0 aliphatic heterocycles. The van der Waals surface area contributed by atoms with E-state index in [1.807, 2.05) is 66.7 Å². The van der Waals surface area contributed by atoms with Gasteiger partial charge in [0.05, 0.1) is 0 Å². The Morgan fingerprint density at radius 2 is 0.766 bits per heavy atom. The van der Waals surface area contributed by atoms with Crippen LogP contribution in [0, 0.1) is 0 Å². The Hall–Kier alpha value is -6.39. The van der Waals surface area contributed by atoms with Crippen LogP contribution in [-0.2, 0) is 0 Å². The topological polar surface area (TPSA) is 51.8 Å². The van der Waals surface area contributed by atoms with Crippen LogP contribution in [-0.4, -0.2) is 15.0 Å². The van der Waals surface area contributed by atoms with Gasteiger partial charge >= 0.3 is 0 Å². The molecule has 7 aromatic carbocycles. The van der Waals surface area contributed by atoms with Crippen molar-refractivity contribution in [2.24, 2.45) is 0 Å². The normalized spacial score (nSPS) is 11.4. The maximum absolute atomic E-state index is 6.08. The van der Waals surface area contributed by atoms with Gasteiger partial charge in [0.25, 0.3) is 0 Å². The Morgan fingerprint density at radius 1 is 0.298 bits per heavy atom. The van der Waals surface area contributed by atoms with E-state index in [9.17, 15) is 0 Å². The predicted molar refractivity (Wildman–Crippen MR) is 192 cm³/mol. The Balaban J connectivity index is 1.14. The number of para-hydroxylation sites is 1. The van der Waals surface area contributed by atoms with Crippen LogP contribution in [0.5, 0.6) is 0 Å². The summed E-state index contributed by atoms with van der Waals surface area (Å²) in [7, 11) is 0. The number of furan rings is 1. The zero-order valence-electron chi connectivity index (χ0n) is 25.3. The van der Waals surface area contributed by atoms with Crippen LogP contribution in [0.2, 0.25) is 0 Å². The van der Waals surface area contributed by atoms with E-state index in [0.29, 0.717) is 17.5 Å². The highest BCUT2D eigenvalue weighted by Crippen LogP contribution is 2.34. The van der Waals surface area contributed by atoms with Gasteiger partial charge in [0.15, 0.2) is 17.5 Å². The van der Waals surface area contributed by atoms with Crippen molar-refractivity contribution in [3.8, 4) is 56.4 Å². The molecule has 0 aliphatic carbocycles. The van der Waals surface area contributed by atoms with Crippen molar-refractivity contribution in [3.63, 3.8) is 0 Å². The van der Waals surface area contributed by atoms with E-state index in [-0.39, 0.29) is 0 Å². The van der Waals surface area contributed by atoms with Crippen LogP contribution in [0.4, 0.5) is 0 Å². The molecule has 0 atom stereocenters. The van der Waals surface area contributed by atoms with E-state index in [4.69, 9.17) is 19.4 Å². The first-order valence-corrected chi connectivity index (χ1v) is 15.7. The molecule has 0 bridgehead atoms. The summed E-state index contributed by atoms with van der Waals surface area (Å²) in [6, 6.07) is 56.6. The third-order valence-electron chi connectivity index (χ3n) is 8.73. The van der Waals surface area contributed by atoms with E-state index in [0.717, 1.165) is 55.0 Å². The van der Waals surface area contributed by atoms with E-state index in [1.165, 1.54) is 16.7 Å². The molecule has 4 heteroatoms. The molecule has 220 valence electrons.